The molecule has 0 saturated heterocycles. The molecule has 22 heavy (non-hydrogen) atoms. The van der Waals surface area contributed by atoms with Gasteiger partial charge in [-0.15, -0.1) is 0 Å². The van der Waals surface area contributed by atoms with Crippen LogP contribution in [0.3, 0.4) is 0 Å². The van der Waals surface area contributed by atoms with Crippen LogP contribution in [-0.4, -0.2) is 21.4 Å². The van der Waals surface area contributed by atoms with Crippen LogP contribution in [0.15, 0.2) is 50.4 Å². The Kier molecular flexibility index (Phi) is 3.16. The lowest BCUT2D eigenvalue weighted by atomic mass is 10.1. The zero-order chi connectivity index (χ0) is 14.9. The molecule has 1 aliphatic rings. The van der Waals surface area contributed by atoms with Crippen LogP contribution in [0.5, 0.6) is 0 Å². The summed E-state index contributed by atoms with van der Waals surface area (Å²) < 4.78 is 10.7. The van der Waals surface area contributed by atoms with E-state index in [1.54, 1.807) is 24.7 Å². The molecule has 0 saturated carbocycles. The van der Waals surface area contributed by atoms with Gasteiger partial charge < -0.3 is 13.8 Å². The highest BCUT2D eigenvalue weighted by Crippen LogP contribution is 2.20. The van der Waals surface area contributed by atoms with E-state index >= 15 is 0 Å². The number of aromatic amines is 1. The van der Waals surface area contributed by atoms with Crippen molar-refractivity contribution in [3.8, 4) is 11.6 Å². The number of hydrogen-bond donors (Lipinski definition) is 1. The summed E-state index contributed by atoms with van der Waals surface area (Å²) in [5.74, 6) is 1.98. The Morgan fingerprint density at radius 2 is 2.09 bits per heavy atom. The van der Waals surface area contributed by atoms with Crippen LogP contribution in [0, 0.1) is 0 Å². The van der Waals surface area contributed by atoms with E-state index in [0.717, 1.165) is 30.0 Å². The lowest BCUT2D eigenvalue weighted by Crippen LogP contribution is -2.35. The molecule has 0 atom stereocenters. The number of nitrogens with one attached hydrogen (secondary N) is 1. The molecule has 0 spiro atoms. The molecule has 6 nitrogen and oxygen atoms in total. The quantitative estimate of drug-likeness (QED) is 0.802. The predicted octanol–water partition coefficient (Wildman–Crippen LogP) is 2.18. The van der Waals surface area contributed by atoms with E-state index in [1.807, 2.05) is 12.1 Å². The van der Waals surface area contributed by atoms with Gasteiger partial charge in [-0.3, -0.25) is 9.69 Å². The first kappa shape index (κ1) is 13.1. The highest BCUT2D eigenvalue weighted by molar-refractivity contribution is 5.46. The number of fused-ring (bicyclic) bond motifs is 1. The lowest BCUT2D eigenvalue weighted by Gasteiger charge is -2.26. The molecule has 1 N–H and O–H groups in total. The van der Waals surface area contributed by atoms with Gasteiger partial charge in [0.2, 0.25) is 0 Å². The summed E-state index contributed by atoms with van der Waals surface area (Å²) in [6.07, 6.45) is 3.98. The van der Waals surface area contributed by atoms with Gasteiger partial charge in [-0.05, 0) is 24.3 Å². The molecule has 0 fully saturated rings. The minimum atomic E-state index is -0.0967. The van der Waals surface area contributed by atoms with E-state index in [4.69, 9.17) is 8.83 Å². The summed E-state index contributed by atoms with van der Waals surface area (Å²) in [5, 5.41) is 0. The minimum Gasteiger partial charge on any atom is -0.468 e. The third-order valence-electron chi connectivity index (χ3n) is 3.86. The smallest absolute Gasteiger partial charge is 0.256 e. The second-order valence-electron chi connectivity index (χ2n) is 5.36. The number of H-pyrrole nitrogens is 1. The van der Waals surface area contributed by atoms with Crippen LogP contribution in [-0.2, 0) is 19.5 Å². The number of aromatic nitrogens is 2. The van der Waals surface area contributed by atoms with Crippen LogP contribution in [0.2, 0.25) is 0 Å². The maximum atomic E-state index is 12.3. The monoisotopic (exact) mass is 297 g/mol. The van der Waals surface area contributed by atoms with E-state index in [0.29, 0.717) is 24.7 Å². The van der Waals surface area contributed by atoms with Gasteiger partial charge in [0.25, 0.3) is 5.56 Å². The molecule has 3 aromatic heterocycles. The number of nitrogens with zero attached hydrogens (tertiary/aromatic N) is 2. The highest BCUT2D eigenvalue weighted by Gasteiger charge is 2.22. The van der Waals surface area contributed by atoms with Crippen LogP contribution in [0.25, 0.3) is 11.6 Å². The summed E-state index contributed by atoms with van der Waals surface area (Å²) in [4.78, 5) is 21.9. The zero-order valence-electron chi connectivity index (χ0n) is 11.9. The van der Waals surface area contributed by atoms with Crippen molar-refractivity contribution in [1.82, 2.24) is 14.9 Å². The van der Waals surface area contributed by atoms with Gasteiger partial charge in [-0.2, -0.15) is 0 Å². The molecule has 4 rings (SSSR count). The summed E-state index contributed by atoms with van der Waals surface area (Å²) in [5.41, 5.74) is 1.49. The van der Waals surface area contributed by atoms with Crippen LogP contribution in [0.1, 0.15) is 17.0 Å². The Hall–Kier alpha value is -2.60. The molecular formula is C16H15N3O3. The van der Waals surface area contributed by atoms with Crippen molar-refractivity contribution in [2.24, 2.45) is 0 Å². The van der Waals surface area contributed by atoms with Gasteiger partial charge in [0, 0.05) is 19.5 Å². The fourth-order valence-electron chi connectivity index (χ4n) is 2.77. The van der Waals surface area contributed by atoms with Crippen LogP contribution < -0.4 is 5.56 Å². The topological polar surface area (TPSA) is 75.3 Å². The Bertz CT molecular complexity index is 819. The number of furan rings is 2. The van der Waals surface area contributed by atoms with Crippen molar-refractivity contribution >= 4 is 0 Å². The molecule has 6 heteroatoms. The molecule has 0 unspecified atom stereocenters. The number of hydrogen-bond acceptors (Lipinski definition) is 5. The molecule has 1 aliphatic heterocycles. The van der Waals surface area contributed by atoms with Gasteiger partial charge in [-0.1, -0.05) is 0 Å². The largest absolute Gasteiger partial charge is 0.468 e. The molecule has 4 heterocycles. The third kappa shape index (κ3) is 2.37. The zero-order valence-corrected chi connectivity index (χ0v) is 11.9. The van der Waals surface area contributed by atoms with Crippen molar-refractivity contribution < 1.29 is 8.83 Å². The number of rotatable bonds is 3. The molecule has 0 amide bonds. The van der Waals surface area contributed by atoms with Crippen molar-refractivity contribution in [1.29, 1.82) is 0 Å². The molecule has 0 radical (unpaired) electrons. The summed E-state index contributed by atoms with van der Waals surface area (Å²) in [6.45, 7) is 2.13. The van der Waals surface area contributed by atoms with Gasteiger partial charge in [0.1, 0.15) is 5.76 Å². The summed E-state index contributed by atoms with van der Waals surface area (Å²) >= 11 is 0. The third-order valence-corrected chi connectivity index (χ3v) is 3.86. The SMILES string of the molecule is O=c1[nH]c(-c2ccco2)nc2c1CN(Cc1ccco1)CC2. The van der Waals surface area contributed by atoms with E-state index < -0.39 is 0 Å². The molecule has 0 bridgehead atoms. The Balaban J connectivity index is 1.61. The molecule has 0 aromatic carbocycles. The van der Waals surface area contributed by atoms with Crippen molar-refractivity contribution in [3.63, 3.8) is 0 Å². The molecule has 3 aromatic rings. The van der Waals surface area contributed by atoms with Crippen LogP contribution >= 0.6 is 0 Å². The second kappa shape index (κ2) is 5.31. The van der Waals surface area contributed by atoms with E-state index in [-0.39, 0.29) is 5.56 Å². The fourth-order valence-corrected chi connectivity index (χ4v) is 2.77. The summed E-state index contributed by atoms with van der Waals surface area (Å²) in [7, 11) is 0. The average Bonchev–Trinajstić information content (AvgIpc) is 3.20. The first-order valence-corrected chi connectivity index (χ1v) is 7.20. The highest BCUT2D eigenvalue weighted by atomic mass is 16.3. The average molecular weight is 297 g/mol. The normalized spacial score (nSPS) is 14.9. The van der Waals surface area contributed by atoms with Gasteiger partial charge in [0.15, 0.2) is 11.6 Å². The minimum absolute atomic E-state index is 0.0967. The first-order chi connectivity index (χ1) is 10.8. The first-order valence-electron chi connectivity index (χ1n) is 7.20. The van der Waals surface area contributed by atoms with Crippen molar-refractivity contribution in [2.45, 2.75) is 19.5 Å². The fraction of sp³-hybridized carbons (Fsp3) is 0.250. The Morgan fingerprint density at radius 1 is 1.23 bits per heavy atom. The standard InChI is InChI=1S/C16H15N3O3/c20-16-12-10-19(9-11-3-1-7-21-11)6-5-13(12)17-15(18-16)14-4-2-8-22-14/h1-4,7-8H,5-6,9-10H2,(H,17,18,20). The molecular weight excluding hydrogens is 282 g/mol. The Labute approximate surface area is 126 Å². The van der Waals surface area contributed by atoms with Gasteiger partial charge >= 0.3 is 0 Å². The lowest BCUT2D eigenvalue weighted by molar-refractivity contribution is 0.222. The van der Waals surface area contributed by atoms with E-state index in [1.165, 1.54) is 0 Å². The maximum Gasteiger partial charge on any atom is 0.256 e. The molecule has 112 valence electrons. The van der Waals surface area contributed by atoms with Crippen molar-refractivity contribution in [2.75, 3.05) is 6.54 Å². The Morgan fingerprint density at radius 3 is 2.86 bits per heavy atom. The molecule has 0 aliphatic carbocycles. The summed E-state index contributed by atoms with van der Waals surface area (Å²) in [6, 6.07) is 7.38. The van der Waals surface area contributed by atoms with Crippen LogP contribution in [0.4, 0.5) is 0 Å². The predicted molar refractivity (Wildman–Crippen MR) is 79.1 cm³/mol. The van der Waals surface area contributed by atoms with Gasteiger partial charge in [-0.25, -0.2) is 4.98 Å². The van der Waals surface area contributed by atoms with Crippen molar-refractivity contribution in [3.05, 3.63) is 64.2 Å². The van der Waals surface area contributed by atoms with E-state index in [9.17, 15) is 4.79 Å². The second-order valence-corrected chi connectivity index (χ2v) is 5.36. The van der Waals surface area contributed by atoms with E-state index in [2.05, 4.69) is 14.9 Å². The van der Waals surface area contributed by atoms with Gasteiger partial charge in [0.05, 0.1) is 30.3 Å². The maximum absolute atomic E-state index is 12.3.